The fourth-order valence-electron chi connectivity index (χ4n) is 0.724. The van der Waals surface area contributed by atoms with Gasteiger partial charge in [0.15, 0.2) is 0 Å². The number of aliphatic hydroxyl groups is 1. The van der Waals surface area contributed by atoms with Crippen molar-refractivity contribution in [2.45, 2.75) is 6.04 Å². The van der Waals surface area contributed by atoms with E-state index in [1.165, 1.54) is 0 Å². The minimum absolute atomic E-state index is 0.0799. The van der Waals surface area contributed by atoms with Gasteiger partial charge >= 0.3 is 0 Å². The third-order valence-electron chi connectivity index (χ3n) is 1.31. The highest BCUT2D eigenvalue weighted by atomic mass is 79.9. The van der Waals surface area contributed by atoms with Gasteiger partial charge in [0, 0.05) is 0 Å². The fourth-order valence-corrected chi connectivity index (χ4v) is 1.08. The Morgan fingerprint density at radius 2 is 2.36 bits per heavy atom. The molecule has 3 N–H and O–H groups in total. The zero-order valence-corrected chi connectivity index (χ0v) is 7.45. The Kier molecular flexibility index (Phi) is 2.99. The van der Waals surface area contributed by atoms with Gasteiger partial charge in [-0.1, -0.05) is 6.07 Å². The van der Waals surface area contributed by atoms with Crippen LogP contribution < -0.4 is 5.73 Å². The van der Waals surface area contributed by atoms with Crippen molar-refractivity contribution in [2.75, 3.05) is 6.61 Å². The van der Waals surface area contributed by atoms with Crippen molar-refractivity contribution in [3.63, 3.8) is 0 Å². The Bertz CT molecular complexity index is 242. The predicted octanol–water partition coefficient (Wildman–Crippen LogP) is 0.836. The largest absolute Gasteiger partial charge is 0.394 e. The minimum Gasteiger partial charge on any atom is -0.394 e. The highest BCUT2D eigenvalue weighted by Crippen LogP contribution is 2.10. The van der Waals surface area contributed by atoms with E-state index in [0.717, 1.165) is 4.60 Å². The molecule has 0 radical (unpaired) electrons. The molecule has 0 saturated carbocycles. The van der Waals surface area contributed by atoms with Crippen LogP contribution in [0.5, 0.6) is 0 Å². The van der Waals surface area contributed by atoms with E-state index in [4.69, 9.17) is 10.8 Å². The van der Waals surface area contributed by atoms with Crippen LogP contribution >= 0.6 is 15.9 Å². The van der Waals surface area contributed by atoms with Crippen molar-refractivity contribution in [3.8, 4) is 0 Å². The van der Waals surface area contributed by atoms with Gasteiger partial charge < -0.3 is 10.8 Å². The van der Waals surface area contributed by atoms with E-state index >= 15 is 0 Å². The lowest BCUT2D eigenvalue weighted by Gasteiger charge is -2.06. The summed E-state index contributed by atoms with van der Waals surface area (Å²) in [7, 11) is 0. The van der Waals surface area contributed by atoms with Crippen LogP contribution in [0.4, 0.5) is 0 Å². The molecule has 1 unspecified atom stereocenters. The Balaban J connectivity index is 2.86. The predicted molar refractivity (Wildman–Crippen MR) is 46.0 cm³/mol. The molecule has 0 aromatic carbocycles. The van der Waals surface area contributed by atoms with Gasteiger partial charge in [0.2, 0.25) is 0 Å². The molecular formula is C7H9BrN2O. The standard InChI is InChI=1S/C7H9BrN2O/c8-7-3-1-2-6(10-7)5(9)4-11/h1-3,5,11H,4,9H2. The van der Waals surface area contributed by atoms with Gasteiger partial charge in [0.05, 0.1) is 18.3 Å². The number of aliphatic hydroxyl groups excluding tert-OH is 1. The van der Waals surface area contributed by atoms with Crippen molar-refractivity contribution in [1.29, 1.82) is 0 Å². The Labute approximate surface area is 73.4 Å². The number of nitrogens with two attached hydrogens (primary N) is 1. The molecule has 1 atom stereocenters. The van der Waals surface area contributed by atoms with Crippen molar-refractivity contribution in [2.24, 2.45) is 5.73 Å². The smallest absolute Gasteiger partial charge is 0.106 e. The van der Waals surface area contributed by atoms with E-state index in [0.29, 0.717) is 5.69 Å². The molecule has 0 amide bonds. The lowest BCUT2D eigenvalue weighted by Crippen LogP contribution is -2.15. The first-order chi connectivity index (χ1) is 5.24. The first-order valence-corrected chi connectivity index (χ1v) is 4.02. The Morgan fingerprint density at radius 3 is 2.91 bits per heavy atom. The number of pyridine rings is 1. The van der Waals surface area contributed by atoms with E-state index in [1.54, 1.807) is 6.07 Å². The summed E-state index contributed by atoms with van der Waals surface area (Å²) in [5.74, 6) is 0. The van der Waals surface area contributed by atoms with Crippen molar-refractivity contribution in [3.05, 3.63) is 28.5 Å². The number of halogens is 1. The second-order valence-corrected chi connectivity index (χ2v) is 2.99. The molecule has 0 aliphatic heterocycles. The minimum atomic E-state index is -0.382. The quantitative estimate of drug-likeness (QED) is 0.721. The first kappa shape index (κ1) is 8.64. The highest BCUT2D eigenvalue weighted by Gasteiger charge is 2.04. The van der Waals surface area contributed by atoms with Crippen LogP contribution in [0, 0.1) is 0 Å². The van der Waals surface area contributed by atoms with Crippen LogP contribution in [0.1, 0.15) is 11.7 Å². The van der Waals surface area contributed by atoms with Crippen LogP contribution in [0.15, 0.2) is 22.8 Å². The molecule has 0 bridgehead atoms. The molecule has 4 heteroatoms. The summed E-state index contributed by atoms with van der Waals surface area (Å²) >= 11 is 3.21. The number of aromatic nitrogens is 1. The van der Waals surface area contributed by atoms with E-state index in [-0.39, 0.29) is 12.6 Å². The Morgan fingerprint density at radius 1 is 1.64 bits per heavy atom. The third-order valence-corrected chi connectivity index (χ3v) is 1.75. The van der Waals surface area contributed by atoms with Gasteiger partial charge in [0.1, 0.15) is 4.60 Å². The average Bonchev–Trinajstić information content (AvgIpc) is 2.03. The van der Waals surface area contributed by atoms with E-state index in [9.17, 15) is 0 Å². The second kappa shape index (κ2) is 3.80. The van der Waals surface area contributed by atoms with Crippen molar-refractivity contribution >= 4 is 15.9 Å². The maximum atomic E-state index is 8.70. The zero-order chi connectivity index (χ0) is 8.27. The average molecular weight is 217 g/mol. The lowest BCUT2D eigenvalue weighted by atomic mass is 10.2. The van der Waals surface area contributed by atoms with Crippen LogP contribution in [0.3, 0.4) is 0 Å². The topological polar surface area (TPSA) is 59.1 Å². The summed E-state index contributed by atoms with van der Waals surface area (Å²) in [4.78, 5) is 4.08. The fraction of sp³-hybridized carbons (Fsp3) is 0.286. The Hall–Kier alpha value is -0.450. The van der Waals surface area contributed by atoms with Gasteiger partial charge in [-0.05, 0) is 28.1 Å². The van der Waals surface area contributed by atoms with Gasteiger partial charge in [0.25, 0.3) is 0 Å². The van der Waals surface area contributed by atoms with Crippen molar-refractivity contribution < 1.29 is 5.11 Å². The summed E-state index contributed by atoms with van der Waals surface area (Å²) in [6.45, 7) is -0.0799. The van der Waals surface area contributed by atoms with Gasteiger partial charge in [-0.3, -0.25) is 0 Å². The molecule has 1 rings (SSSR count). The monoisotopic (exact) mass is 216 g/mol. The molecule has 0 fully saturated rings. The summed E-state index contributed by atoms with van der Waals surface area (Å²) in [6.07, 6.45) is 0. The number of hydrogen-bond acceptors (Lipinski definition) is 3. The van der Waals surface area contributed by atoms with Crippen LogP contribution in [0.25, 0.3) is 0 Å². The molecule has 0 spiro atoms. The summed E-state index contributed by atoms with van der Waals surface area (Å²) in [5.41, 5.74) is 6.23. The van der Waals surface area contributed by atoms with E-state index < -0.39 is 0 Å². The molecule has 11 heavy (non-hydrogen) atoms. The van der Waals surface area contributed by atoms with E-state index in [2.05, 4.69) is 20.9 Å². The maximum Gasteiger partial charge on any atom is 0.106 e. The highest BCUT2D eigenvalue weighted by molar-refractivity contribution is 9.10. The summed E-state index contributed by atoms with van der Waals surface area (Å²) < 4.78 is 0.735. The molecule has 3 nitrogen and oxygen atoms in total. The number of rotatable bonds is 2. The van der Waals surface area contributed by atoms with Gasteiger partial charge in [-0.15, -0.1) is 0 Å². The summed E-state index contributed by atoms with van der Waals surface area (Å²) in [5, 5.41) is 8.70. The normalized spacial score (nSPS) is 13.0. The molecule has 1 aromatic rings. The number of nitrogens with zero attached hydrogens (tertiary/aromatic N) is 1. The molecule has 0 saturated heterocycles. The van der Waals surface area contributed by atoms with Crippen LogP contribution in [-0.2, 0) is 0 Å². The second-order valence-electron chi connectivity index (χ2n) is 2.17. The van der Waals surface area contributed by atoms with E-state index in [1.807, 2.05) is 12.1 Å². The molecule has 0 aliphatic carbocycles. The molecule has 60 valence electrons. The molecule has 1 aromatic heterocycles. The van der Waals surface area contributed by atoms with Gasteiger partial charge in [-0.25, -0.2) is 4.98 Å². The lowest BCUT2D eigenvalue weighted by molar-refractivity contribution is 0.266. The maximum absolute atomic E-state index is 8.70. The van der Waals surface area contributed by atoms with Crippen molar-refractivity contribution in [1.82, 2.24) is 4.98 Å². The molecule has 1 heterocycles. The zero-order valence-electron chi connectivity index (χ0n) is 5.87. The molecule has 0 aliphatic rings. The third kappa shape index (κ3) is 2.25. The first-order valence-electron chi connectivity index (χ1n) is 3.23. The van der Waals surface area contributed by atoms with Crippen LogP contribution in [0.2, 0.25) is 0 Å². The summed E-state index contributed by atoms with van der Waals surface area (Å²) in [6, 6.07) is 5.05. The van der Waals surface area contributed by atoms with Crippen LogP contribution in [-0.4, -0.2) is 16.7 Å². The SMILES string of the molecule is NC(CO)c1cccc(Br)n1. The molecular weight excluding hydrogens is 208 g/mol. The number of hydrogen-bond donors (Lipinski definition) is 2. The van der Waals surface area contributed by atoms with Gasteiger partial charge in [-0.2, -0.15) is 0 Å².